The number of carboxylic acids is 1. The SMILES string of the molecule is Cc1ccc(-c2cnc(CC(=O)O)s2)cc1. The summed E-state index contributed by atoms with van der Waals surface area (Å²) in [5.41, 5.74) is 2.29. The lowest BCUT2D eigenvalue weighted by Gasteiger charge is -1.96. The molecule has 16 heavy (non-hydrogen) atoms. The fraction of sp³-hybridized carbons (Fsp3) is 0.167. The lowest BCUT2D eigenvalue weighted by molar-refractivity contribution is -0.136. The van der Waals surface area contributed by atoms with Crippen LogP contribution in [0.2, 0.25) is 0 Å². The zero-order valence-electron chi connectivity index (χ0n) is 8.80. The van der Waals surface area contributed by atoms with Crippen molar-refractivity contribution in [1.29, 1.82) is 0 Å². The standard InChI is InChI=1S/C12H11NO2S/c1-8-2-4-9(5-3-8)10-7-13-11(16-10)6-12(14)15/h2-5,7H,6H2,1H3,(H,14,15). The maximum absolute atomic E-state index is 10.5. The number of thiazole rings is 1. The van der Waals surface area contributed by atoms with Crippen LogP contribution in [0.1, 0.15) is 10.6 Å². The number of rotatable bonds is 3. The first-order chi connectivity index (χ1) is 7.65. The van der Waals surface area contributed by atoms with E-state index in [0.717, 1.165) is 10.4 Å². The van der Waals surface area contributed by atoms with Crippen molar-refractivity contribution in [3.05, 3.63) is 41.0 Å². The minimum atomic E-state index is -0.843. The van der Waals surface area contributed by atoms with Gasteiger partial charge in [-0.05, 0) is 12.5 Å². The fourth-order valence-corrected chi connectivity index (χ4v) is 2.29. The summed E-state index contributed by atoms with van der Waals surface area (Å²) in [6.07, 6.45) is 1.73. The van der Waals surface area contributed by atoms with E-state index >= 15 is 0 Å². The van der Waals surface area contributed by atoms with Gasteiger partial charge < -0.3 is 5.11 Å². The zero-order valence-corrected chi connectivity index (χ0v) is 9.62. The molecule has 0 bridgehead atoms. The van der Waals surface area contributed by atoms with E-state index in [-0.39, 0.29) is 6.42 Å². The van der Waals surface area contributed by atoms with Crippen molar-refractivity contribution in [3.63, 3.8) is 0 Å². The van der Waals surface area contributed by atoms with Crippen LogP contribution >= 0.6 is 11.3 Å². The van der Waals surface area contributed by atoms with Crippen LogP contribution in [0.4, 0.5) is 0 Å². The van der Waals surface area contributed by atoms with Gasteiger partial charge >= 0.3 is 5.97 Å². The number of carbonyl (C=O) groups is 1. The van der Waals surface area contributed by atoms with Crippen molar-refractivity contribution in [2.45, 2.75) is 13.3 Å². The maximum Gasteiger partial charge on any atom is 0.310 e. The Hall–Kier alpha value is -1.68. The predicted octanol–water partition coefficient (Wildman–Crippen LogP) is 2.75. The van der Waals surface area contributed by atoms with Crippen LogP contribution in [-0.2, 0) is 11.2 Å². The molecule has 0 spiro atoms. The first kappa shape index (κ1) is 10.8. The van der Waals surface area contributed by atoms with Crippen LogP contribution < -0.4 is 0 Å². The molecule has 0 radical (unpaired) electrons. The van der Waals surface area contributed by atoms with Gasteiger partial charge in [-0.3, -0.25) is 4.79 Å². The molecule has 0 amide bonds. The third-order valence-electron chi connectivity index (χ3n) is 2.19. The minimum absolute atomic E-state index is 0.00344. The van der Waals surface area contributed by atoms with E-state index in [1.807, 2.05) is 31.2 Å². The van der Waals surface area contributed by atoms with Crippen molar-refractivity contribution in [3.8, 4) is 10.4 Å². The van der Waals surface area contributed by atoms with Gasteiger partial charge in [0, 0.05) is 6.20 Å². The Kier molecular flexibility index (Phi) is 3.01. The summed E-state index contributed by atoms with van der Waals surface area (Å²) in [6, 6.07) is 8.11. The second kappa shape index (κ2) is 4.45. The topological polar surface area (TPSA) is 50.2 Å². The van der Waals surface area contributed by atoms with Gasteiger partial charge in [-0.15, -0.1) is 11.3 Å². The van der Waals surface area contributed by atoms with E-state index in [1.165, 1.54) is 16.9 Å². The van der Waals surface area contributed by atoms with Gasteiger partial charge in [0.1, 0.15) is 5.01 Å². The molecular weight excluding hydrogens is 222 g/mol. The van der Waals surface area contributed by atoms with Gasteiger partial charge in [0.2, 0.25) is 0 Å². The number of aliphatic carboxylic acids is 1. The Morgan fingerprint density at radius 2 is 2.06 bits per heavy atom. The molecule has 2 aromatic rings. The molecule has 0 saturated carbocycles. The monoisotopic (exact) mass is 233 g/mol. The second-order valence-corrected chi connectivity index (χ2v) is 4.67. The summed E-state index contributed by atoms with van der Waals surface area (Å²) in [4.78, 5) is 15.6. The van der Waals surface area contributed by atoms with Crippen LogP contribution in [0.3, 0.4) is 0 Å². The number of carboxylic acid groups (broad SMARTS) is 1. The van der Waals surface area contributed by atoms with Crippen LogP contribution in [0.15, 0.2) is 30.5 Å². The van der Waals surface area contributed by atoms with Crippen molar-refractivity contribution < 1.29 is 9.90 Å². The molecule has 1 heterocycles. The van der Waals surface area contributed by atoms with Crippen LogP contribution in [0.25, 0.3) is 10.4 Å². The van der Waals surface area contributed by atoms with Gasteiger partial charge in [0.15, 0.2) is 0 Å². The highest BCUT2D eigenvalue weighted by Crippen LogP contribution is 2.26. The molecule has 0 aliphatic carbocycles. The molecule has 0 saturated heterocycles. The fourth-order valence-electron chi connectivity index (χ4n) is 1.37. The van der Waals surface area contributed by atoms with Crippen molar-refractivity contribution in [2.24, 2.45) is 0 Å². The largest absolute Gasteiger partial charge is 0.481 e. The van der Waals surface area contributed by atoms with E-state index in [1.54, 1.807) is 6.20 Å². The number of aryl methyl sites for hydroxylation is 1. The van der Waals surface area contributed by atoms with E-state index in [2.05, 4.69) is 4.98 Å². The predicted molar refractivity (Wildman–Crippen MR) is 63.6 cm³/mol. The normalized spacial score (nSPS) is 10.3. The highest BCUT2D eigenvalue weighted by molar-refractivity contribution is 7.15. The quantitative estimate of drug-likeness (QED) is 0.886. The number of hydrogen-bond donors (Lipinski definition) is 1. The summed E-state index contributed by atoms with van der Waals surface area (Å²) < 4.78 is 0. The Morgan fingerprint density at radius 3 is 2.69 bits per heavy atom. The lowest BCUT2D eigenvalue weighted by Crippen LogP contribution is -1.98. The Bertz CT molecular complexity index is 502. The van der Waals surface area contributed by atoms with Gasteiger partial charge in [-0.1, -0.05) is 29.8 Å². The molecule has 1 aromatic carbocycles. The molecule has 0 atom stereocenters. The molecule has 2 rings (SSSR count). The highest BCUT2D eigenvalue weighted by Gasteiger charge is 2.07. The Balaban J connectivity index is 2.24. The first-order valence-electron chi connectivity index (χ1n) is 4.88. The van der Waals surface area contributed by atoms with Gasteiger partial charge in [0.25, 0.3) is 0 Å². The van der Waals surface area contributed by atoms with Crippen molar-refractivity contribution >= 4 is 17.3 Å². The van der Waals surface area contributed by atoms with E-state index in [0.29, 0.717) is 5.01 Å². The number of nitrogens with zero attached hydrogens (tertiary/aromatic N) is 1. The van der Waals surface area contributed by atoms with Crippen molar-refractivity contribution in [2.75, 3.05) is 0 Å². The number of hydrogen-bond acceptors (Lipinski definition) is 3. The molecule has 82 valence electrons. The second-order valence-electron chi connectivity index (χ2n) is 3.55. The Labute approximate surface area is 97.4 Å². The molecule has 4 heteroatoms. The maximum atomic E-state index is 10.5. The first-order valence-corrected chi connectivity index (χ1v) is 5.70. The molecule has 0 aliphatic rings. The smallest absolute Gasteiger partial charge is 0.310 e. The zero-order chi connectivity index (χ0) is 11.5. The van der Waals surface area contributed by atoms with Crippen molar-refractivity contribution in [1.82, 2.24) is 4.98 Å². The molecule has 0 fully saturated rings. The molecule has 1 N–H and O–H groups in total. The molecular formula is C12H11NO2S. The third kappa shape index (κ3) is 2.46. The molecule has 0 aliphatic heterocycles. The van der Waals surface area contributed by atoms with E-state index < -0.39 is 5.97 Å². The summed E-state index contributed by atoms with van der Waals surface area (Å²) in [6.45, 7) is 2.03. The molecule has 3 nitrogen and oxygen atoms in total. The van der Waals surface area contributed by atoms with Crippen LogP contribution in [-0.4, -0.2) is 16.1 Å². The average molecular weight is 233 g/mol. The van der Waals surface area contributed by atoms with Gasteiger partial charge in [-0.2, -0.15) is 0 Å². The summed E-state index contributed by atoms with van der Waals surface area (Å²) >= 11 is 1.43. The molecule has 1 aromatic heterocycles. The summed E-state index contributed by atoms with van der Waals surface area (Å²) in [5, 5.41) is 9.29. The third-order valence-corrected chi connectivity index (χ3v) is 3.24. The van der Waals surface area contributed by atoms with E-state index in [4.69, 9.17) is 5.11 Å². The van der Waals surface area contributed by atoms with Gasteiger partial charge in [0.05, 0.1) is 11.3 Å². The number of aromatic nitrogens is 1. The van der Waals surface area contributed by atoms with Crippen LogP contribution in [0.5, 0.6) is 0 Å². The lowest BCUT2D eigenvalue weighted by atomic mass is 10.1. The van der Waals surface area contributed by atoms with Gasteiger partial charge in [-0.25, -0.2) is 4.98 Å². The summed E-state index contributed by atoms with van der Waals surface area (Å²) in [7, 11) is 0. The minimum Gasteiger partial charge on any atom is -0.481 e. The number of benzene rings is 1. The van der Waals surface area contributed by atoms with Crippen LogP contribution in [0, 0.1) is 6.92 Å². The molecule has 0 unspecified atom stereocenters. The Morgan fingerprint density at radius 1 is 1.38 bits per heavy atom. The summed E-state index contributed by atoms with van der Waals surface area (Å²) in [5.74, 6) is -0.843. The average Bonchev–Trinajstić information content (AvgIpc) is 2.66. The van der Waals surface area contributed by atoms with E-state index in [9.17, 15) is 4.79 Å². The highest BCUT2D eigenvalue weighted by atomic mass is 32.1.